The first-order chi connectivity index (χ1) is 14.8. The standard InChI is InChI=1S/C23H26N4O3S/c1-17-7-6-10-19(13-17)14-24-23(28)22-20-15-27(12-11-21(20)26(2)25-22)31(29,30)16-18-8-4-3-5-9-18/h3-10,13H,11-12,14-16H2,1-2H3,(H,24,28). The maximum Gasteiger partial charge on any atom is 0.272 e. The highest BCUT2D eigenvalue weighted by molar-refractivity contribution is 7.88. The van der Waals surface area contributed by atoms with Gasteiger partial charge in [0.25, 0.3) is 5.91 Å². The van der Waals surface area contributed by atoms with Gasteiger partial charge in [-0.2, -0.15) is 9.40 Å². The lowest BCUT2D eigenvalue weighted by molar-refractivity contribution is 0.0943. The number of hydrogen-bond acceptors (Lipinski definition) is 4. The number of hydrogen-bond donors (Lipinski definition) is 1. The second-order valence-corrected chi connectivity index (χ2v) is 9.86. The number of rotatable bonds is 6. The summed E-state index contributed by atoms with van der Waals surface area (Å²) in [4.78, 5) is 12.9. The number of amides is 1. The molecule has 162 valence electrons. The molecule has 4 rings (SSSR count). The van der Waals surface area contributed by atoms with Crippen molar-refractivity contribution in [1.82, 2.24) is 19.4 Å². The van der Waals surface area contributed by atoms with Crippen molar-refractivity contribution in [2.24, 2.45) is 7.05 Å². The lowest BCUT2D eigenvalue weighted by atomic mass is 10.1. The molecule has 0 spiro atoms. The summed E-state index contributed by atoms with van der Waals surface area (Å²) in [5.74, 6) is -0.348. The maximum atomic E-state index is 13.0. The fourth-order valence-corrected chi connectivity index (χ4v) is 5.44. The first-order valence-electron chi connectivity index (χ1n) is 10.2. The molecule has 0 aliphatic carbocycles. The summed E-state index contributed by atoms with van der Waals surface area (Å²) in [6.07, 6.45) is 0.526. The van der Waals surface area contributed by atoms with Crippen molar-refractivity contribution >= 4 is 15.9 Å². The summed E-state index contributed by atoms with van der Waals surface area (Å²) in [5, 5.41) is 7.32. The van der Waals surface area contributed by atoms with Crippen LogP contribution >= 0.6 is 0 Å². The van der Waals surface area contributed by atoms with Crippen LogP contribution in [0.15, 0.2) is 54.6 Å². The molecule has 0 atom stereocenters. The summed E-state index contributed by atoms with van der Waals surface area (Å²) in [5.41, 5.74) is 4.77. The molecule has 0 unspecified atom stereocenters. The minimum absolute atomic E-state index is 0.0572. The second-order valence-electron chi connectivity index (χ2n) is 7.89. The Balaban J connectivity index is 1.51. The highest BCUT2D eigenvalue weighted by Gasteiger charge is 2.32. The van der Waals surface area contributed by atoms with Gasteiger partial charge in [-0.1, -0.05) is 60.2 Å². The second kappa shape index (κ2) is 8.64. The molecule has 0 saturated carbocycles. The fourth-order valence-electron chi connectivity index (χ4n) is 3.95. The van der Waals surface area contributed by atoms with Gasteiger partial charge in [-0.3, -0.25) is 9.48 Å². The molecule has 1 amide bonds. The Bertz CT molecular complexity index is 1200. The number of carbonyl (C=O) groups excluding carboxylic acids is 1. The zero-order valence-corrected chi connectivity index (χ0v) is 18.5. The van der Waals surface area contributed by atoms with Gasteiger partial charge in [0.1, 0.15) is 0 Å². The number of carbonyl (C=O) groups is 1. The van der Waals surface area contributed by atoms with Crippen LogP contribution in [0.3, 0.4) is 0 Å². The average molecular weight is 439 g/mol. The van der Waals surface area contributed by atoms with Crippen molar-refractivity contribution in [3.63, 3.8) is 0 Å². The first kappa shape index (κ1) is 21.3. The highest BCUT2D eigenvalue weighted by Crippen LogP contribution is 2.25. The van der Waals surface area contributed by atoms with Gasteiger partial charge in [0, 0.05) is 44.4 Å². The third-order valence-corrected chi connectivity index (χ3v) is 7.34. The van der Waals surface area contributed by atoms with E-state index in [0.717, 1.165) is 22.4 Å². The molecule has 0 fully saturated rings. The van der Waals surface area contributed by atoms with Gasteiger partial charge in [0.2, 0.25) is 10.0 Å². The van der Waals surface area contributed by atoms with E-state index in [1.807, 2.05) is 49.4 Å². The zero-order chi connectivity index (χ0) is 22.0. The van der Waals surface area contributed by atoms with Crippen LogP contribution in [0.25, 0.3) is 0 Å². The Morgan fingerprint density at radius 3 is 2.58 bits per heavy atom. The number of aryl methyl sites for hydroxylation is 2. The zero-order valence-electron chi connectivity index (χ0n) is 17.7. The number of aromatic nitrogens is 2. The van der Waals surface area contributed by atoms with Gasteiger partial charge >= 0.3 is 0 Å². The third-order valence-electron chi connectivity index (χ3n) is 5.54. The van der Waals surface area contributed by atoms with Crippen molar-refractivity contribution in [1.29, 1.82) is 0 Å². The van der Waals surface area contributed by atoms with Gasteiger partial charge in [-0.05, 0) is 18.1 Å². The van der Waals surface area contributed by atoms with Crippen molar-refractivity contribution in [2.45, 2.75) is 32.2 Å². The van der Waals surface area contributed by atoms with Crippen LogP contribution < -0.4 is 5.32 Å². The Hall–Kier alpha value is -2.97. The molecule has 0 bridgehead atoms. The third kappa shape index (κ3) is 4.70. The maximum absolute atomic E-state index is 13.0. The molecule has 3 aromatic rings. The van der Waals surface area contributed by atoms with Crippen LogP contribution in [0.5, 0.6) is 0 Å². The van der Waals surface area contributed by atoms with Gasteiger partial charge in [0.15, 0.2) is 5.69 Å². The van der Waals surface area contributed by atoms with Crippen LogP contribution in [0.1, 0.15) is 38.4 Å². The van der Waals surface area contributed by atoms with Crippen LogP contribution in [-0.4, -0.2) is 35.0 Å². The SMILES string of the molecule is Cc1cccc(CNC(=O)c2nn(C)c3c2CN(S(=O)(=O)Cc2ccccc2)CC3)c1. The molecule has 1 aliphatic rings. The van der Waals surface area contributed by atoms with Crippen LogP contribution in [-0.2, 0) is 42.3 Å². The molecule has 8 heteroatoms. The minimum atomic E-state index is -3.51. The largest absolute Gasteiger partial charge is 0.347 e. The topological polar surface area (TPSA) is 84.3 Å². The van der Waals surface area contributed by atoms with E-state index in [0.29, 0.717) is 30.8 Å². The Labute approximate surface area is 182 Å². The molecular formula is C23H26N4O3S. The monoisotopic (exact) mass is 438 g/mol. The lowest BCUT2D eigenvalue weighted by Gasteiger charge is -2.27. The summed E-state index contributed by atoms with van der Waals surface area (Å²) in [6, 6.07) is 17.1. The van der Waals surface area contributed by atoms with E-state index in [9.17, 15) is 13.2 Å². The van der Waals surface area contributed by atoms with Gasteiger partial charge in [-0.25, -0.2) is 8.42 Å². The lowest BCUT2D eigenvalue weighted by Crippen LogP contribution is -2.37. The first-order valence-corrected chi connectivity index (χ1v) is 11.8. The van der Waals surface area contributed by atoms with E-state index >= 15 is 0 Å². The molecule has 0 radical (unpaired) electrons. The van der Waals surface area contributed by atoms with Gasteiger partial charge in [0.05, 0.1) is 5.75 Å². The number of fused-ring (bicyclic) bond motifs is 1. The van der Waals surface area contributed by atoms with Crippen molar-refractivity contribution in [3.05, 3.63) is 88.2 Å². The molecular weight excluding hydrogens is 412 g/mol. The van der Waals surface area contributed by atoms with Crippen molar-refractivity contribution in [3.8, 4) is 0 Å². The quantitative estimate of drug-likeness (QED) is 0.641. The highest BCUT2D eigenvalue weighted by atomic mass is 32.2. The average Bonchev–Trinajstić information content (AvgIpc) is 3.09. The normalized spacial score (nSPS) is 14.3. The predicted molar refractivity (Wildman–Crippen MR) is 119 cm³/mol. The molecule has 2 aromatic carbocycles. The van der Waals surface area contributed by atoms with E-state index in [-0.39, 0.29) is 18.2 Å². The summed E-state index contributed by atoms with van der Waals surface area (Å²) in [6.45, 7) is 2.93. The van der Waals surface area contributed by atoms with Gasteiger partial charge in [-0.15, -0.1) is 0 Å². The van der Waals surface area contributed by atoms with Crippen LogP contribution in [0.4, 0.5) is 0 Å². The van der Waals surface area contributed by atoms with Crippen molar-refractivity contribution < 1.29 is 13.2 Å². The van der Waals surface area contributed by atoms with E-state index in [1.165, 1.54) is 4.31 Å². The Morgan fingerprint density at radius 1 is 1.10 bits per heavy atom. The van der Waals surface area contributed by atoms with E-state index in [2.05, 4.69) is 10.4 Å². The fraction of sp³-hybridized carbons (Fsp3) is 0.304. The van der Waals surface area contributed by atoms with E-state index < -0.39 is 10.0 Å². The van der Waals surface area contributed by atoms with Gasteiger partial charge < -0.3 is 5.32 Å². The molecule has 1 N–H and O–H groups in total. The van der Waals surface area contributed by atoms with Crippen molar-refractivity contribution in [2.75, 3.05) is 6.54 Å². The molecule has 31 heavy (non-hydrogen) atoms. The van der Waals surface area contributed by atoms with E-state index in [1.54, 1.807) is 23.9 Å². The predicted octanol–water partition coefficient (Wildman–Crippen LogP) is 2.55. The molecule has 7 nitrogen and oxygen atoms in total. The Morgan fingerprint density at radius 2 is 1.84 bits per heavy atom. The van der Waals surface area contributed by atoms with Crippen LogP contribution in [0.2, 0.25) is 0 Å². The number of benzene rings is 2. The smallest absolute Gasteiger partial charge is 0.272 e. The van der Waals surface area contributed by atoms with Crippen LogP contribution in [0, 0.1) is 6.92 Å². The molecule has 1 aromatic heterocycles. The summed E-state index contributed by atoms with van der Waals surface area (Å²) < 4.78 is 29.1. The number of nitrogens with one attached hydrogen (secondary N) is 1. The molecule has 0 saturated heterocycles. The number of sulfonamides is 1. The molecule has 1 aliphatic heterocycles. The Kier molecular flexibility index (Phi) is 5.93. The number of nitrogens with zero attached hydrogens (tertiary/aromatic N) is 3. The summed E-state index contributed by atoms with van der Waals surface area (Å²) in [7, 11) is -1.71. The summed E-state index contributed by atoms with van der Waals surface area (Å²) >= 11 is 0. The minimum Gasteiger partial charge on any atom is -0.347 e. The molecule has 2 heterocycles. The van der Waals surface area contributed by atoms with E-state index in [4.69, 9.17) is 0 Å².